The van der Waals surface area contributed by atoms with Crippen LogP contribution in [0.4, 0.5) is 5.95 Å². The number of fused-ring (bicyclic) bond motifs is 1. The van der Waals surface area contributed by atoms with Gasteiger partial charge in [-0.25, -0.2) is 9.97 Å². The zero-order valence-electron chi connectivity index (χ0n) is 13.3. The first kappa shape index (κ1) is 13.7. The second-order valence-electron chi connectivity index (χ2n) is 7.05. The lowest BCUT2D eigenvalue weighted by Crippen LogP contribution is -2.34. The molecule has 2 aromatic rings. The average Bonchev–Trinajstić information content (AvgIpc) is 3.10. The predicted octanol–water partition coefficient (Wildman–Crippen LogP) is 1.74. The maximum absolute atomic E-state index is 5.72. The fraction of sp³-hybridized carbons (Fsp3) is 0.562. The Labute approximate surface area is 130 Å². The Hall–Kier alpha value is -1.95. The van der Waals surface area contributed by atoms with E-state index in [0.29, 0.717) is 0 Å². The predicted molar refractivity (Wildman–Crippen MR) is 83.5 cm³/mol. The van der Waals surface area contributed by atoms with Crippen LogP contribution in [0.1, 0.15) is 13.8 Å². The Morgan fingerprint density at radius 2 is 1.82 bits per heavy atom. The summed E-state index contributed by atoms with van der Waals surface area (Å²) in [5.41, 5.74) is 2.27. The normalized spacial score (nSPS) is 30.8. The third-order valence-electron chi connectivity index (χ3n) is 5.39. The van der Waals surface area contributed by atoms with Crippen LogP contribution < -0.4 is 4.90 Å². The van der Waals surface area contributed by atoms with Crippen LogP contribution in [0, 0.1) is 10.8 Å². The van der Waals surface area contributed by atoms with Gasteiger partial charge in [0.15, 0.2) is 0 Å². The van der Waals surface area contributed by atoms with Crippen LogP contribution in [0.3, 0.4) is 0 Å². The molecule has 2 fully saturated rings. The van der Waals surface area contributed by atoms with Gasteiger partial charge in [0.1, 0.15) is 0 Å². The van der Waals surface area contributed by atoms with Gasteiger partial charge in [0, 0.05) is 43.4 Å². The van der Waals surface area contributed by atoms with E-state index in [4.69, 9.17) is 9.72 Å². The van der Waals surface area contributed by atoms with Gasteiger partial charge in [0.2, 0.25) is 5.95 Å². The van der Waals surface area contributed by atoms with E-state index in [-0.39, 0.29) is 10.8 Å². The molecule has 0 aromatic carbocycles. The van der Waals surface area contributed by atoms with Crippen molar-refractivity contribution in [3.63, 3.8) is 0 Å². The van der Waals surface area contributed by atoms with Crippen LogP contribution in [0.5, 0.6) is 0 Å². The molecule has 116 valence electrons. The van der Waals surface area contributed by atoms with Crippen LogP contribution in [-0.4, -0.2) is 46.1 Å². The van der Waals surface area contributed by atoms with Crippen molar-refractivity contribution in [3.8, 4) is 11.4 Å². The molecule has 6 nitrogen and oxygen atoms in total. The van der Waals surface area contributed by atoms with Crippen LogP contribution in [0.25, 0.3) is 11.4 Å². The Balaban J connectivity index is 1.66. The van der Waals surface area contributed by atoms with Crippen molar-refractivity contribution in [3.05, 3.63) is 24.5 Å². The molecule has 4 heterocycles. The number of hydrogen-bond donors (Lipinski definition) is 0. The Kier molecular flexibility index (Phi) is 2.81. The number of rotatable bonds is 2. The van der Waals surface area contributed by atoms with Gasteiger partial charge >= 0.3 is 0 Å². The molecule has 2 aromatic heterocycles. The summed E-state index contributed by atoms with van der Waals surface area (Å²) >= 11 is 0. The van der Waals surface area contributed by atoms with Crippen molar-refractivity contribution in [2.45, 2.75) is 13.8 Å². The van der Waals surface area contributed by atoms with Crippen molar-refractivity contribution in [1.82, 2.24) is 19.7 Å². The number of anilines is 1. The van der Waals surface area contributed by atoms with Crippen LogP contribution in [0.2, 0.25) is 0 Å². The summed E-state index contributed by atoms with van der Waals surface area (Å²) < 4.78 is 7.56. The van der Waals surface area contributed by atoms with Crippen molar-refractivity contribution in [2.24, 2.45) is 17.9 Å². The van der Waals surface area contributed by atoms with E-state index in [9.17, 15) is 0 Å². The quantitative estimate of drug-likeness (QED) is 0.845. The third-order valence-corrected chi connectivity index (χ3v) is 5.39. The molecule has 22 heavy (non-hydrogen) atoms. The van der Waals surface area contributed by atoms with E-state index < -0.39 is 0 Å². The topological polar surface area (TPSA) is 56.1 Å². The van der Waals surface area contributed by atoms with E-state index in [1.165, 1.54) is 0 Å². The number of aromatic nitrogens is 4. The summed E-state index contributed by atoms with van der Waals surface area (Å²) in [5.74, 6) is 0.801. The lowest BCUT2D eigenvalue weighted by Gasteiger charge is -2.29. The largest absolute Gasteiger partial charge is 0.380 e. The first-order valence-electron chi connectivity index (χ1n) is 7.65. The van der Waals surface area contributed by atoms with Gasteiger partial charge in [0.05, 0.1) is 24.6 Å². The van der Waals surface area contributed by atoms with Crippen molar-refractivity contribution in [1.29, 1.82) is 0 Å². The van der Waals surface area contributed by atoms with E-state index >= 15 is 0 Å². The molecule has 6 heteroatoms. The molecule has 0 bridgehead atoms. The van der Waals surface area contributed by atoms with Crippen molar-refractivity contribution < 1.29 is 4.74 Å². The standard InChI is InChI=1S/C16H21N5O/c1-15-8-21(9-16(15,2)11-22-10-15)14-17-6-4-12(19-14)13-5-7-18-20(13)3/h4-7H,8-11H2,1-3H3/t15-,16+. The number of ether oxygens (including phenoxy) is 1. The molecule has 4 rings (SSSR count). The number of aryl methyl sites for hydroxylation is 1. The zero-order chi connectivity index (χ0) is 15.4. The summed E-state index contributed by atoms with van der Waals surface area (Å²) in [7, 11) is 1.93. The first-order valence-corrected chi connectivity index (χ1v) is 7.65. The average molecular weight is 299 g/mol. The van der Waals surface area contributed by atoms with Crippen LogP contribution in [-0.2, 0) is 11.8 Å². The summed E-state index contributed by atoms with van der Waals surface area (Å²) in [6, 6.07) is 3.91. The van der Waals surface area contributed by atoms with Gasteiger partial charge in [-0.3, -0.25) is 4.68 Å². The Morgan fingerprint density at radius 1 is 1.09 bits per heavy atom. The molecule has 0 unspecified atom stereocenters. The molecular weight excluding hydrogens is 278 g/mol. The monoisotopic (exact) mass is 299 g/mol. The Bertz CT molecular complexity index is 696. The molecule has 0 amide bonds. The summed E-state index contributed by atoms with van der Waals surface area (Å²) in [6.45, 7) is 8.15. The van der Waals surface area contributed by atoms with Gasteiger partial charge in [-0.15, -0.1) is 0 Å². The molecular formula is C16H21N5O. The SMILES string of the molecule is Cn1nccc1-c1ccnc(N2C[C@]3(C)COC[C@]3(C)C2)n1. The third kappa shape index (κ3) is 1.86. The molecule has 0 saturated carbocycles. The number of hydrogen-bond acceptors (Lipinski definition) is 5. The molecule has 0 spiro atoms. The van der Waals surface area contributed by atoms with Gasteiger partial charge in [-0.05, 0) is 12.1 Å². The first-order chi connectivity index (χ1) is 10.5. The highest BCUT2D eigenvalue weighted by atomic mass is 16.5. The summed E-state index contributed by atoms with van der Waals surface area (Å²) in [5, 5.41) is 4.21. The fourth-order valence-corrected chi connectivity index (χ4v) is 3.63. The van der Waals surface area contributed by atoms with Crippen LogP contribution in [0.15, 0.2) is 24.5 Å². The summed E-state index contributed by atoms with van der Waals surface area (Å²) in [4.78, 5) is 11.5. The molecule has 2 aliphatic heterocycles. The minimum atomic E-state index is 0.179. The van der Waals surface area contributed by atoms with Gasteiger partial charge in [-0.2, -0.15) is 5.10 Å². The second kappa shape index (κ2) is 4.52. The lowest BCUT2D eigenvalue weighted by molar-refractivity contribution is 0.158. The highest BCUT2D eigenvalue weighted by Gasteiger charge is 2.56. The van der Waals surface area contributed by atoms with Crippen LogP contribution >= 0.6 is 0 Å². The Morgan fingerprint density at radius 3 is 2.45 bits per heavy atom. The molecule has 2 aliphatic rings. The van der Waals surface area contributed by atoms with E-state index in [1.54, 1.807) is 6.20 Å². The maximum Gasteiger partial charge on any atom is 0.225 e. The smallest absolute Gasteiger partial charge is 0.225 e. The second-order valence-corrected chi connectivity index (χ2v) is 7.05. The highest BCUT2D eigenvalue weighted by molar-refractivity contribution is 5.56. The minimum absolute atomic E-state index is 0.179. The zero-order valence-corrected chi connectivity index (χ0v) is 13.3. The van der Waals surface area contributed by atoms with Gasteiger partial charge in [0.25, 0.3) is 0 Å². The molecule has 0 N–H and O–H groups in total. The molecule has 0 radical (unpaired) electrons. The highest BCUT2D eigenvalue weighted by Crippen LogP contribution is 2.50. The van der Waals surface area contributed by atoms with Crippen molar-refractivity contribution >= 4 is 5.95 Å². The number of nitrogens with zero attached hydrogens (tertiary/aromatic N) is 5. The minimum Gasteiger partial charge on any atom is -0.380 e. The van der Waals surface area contributed by atoms with Crippen molar-refractivity contribution in [2.75, 3.05) is 31.2 Å². The molecule has 2 saturated heterocycles. The summed E-state index contributed by atoms with van der Waals surface area (Å²) in [6.07, 6.45) is 3.62. The van der Waals surface area contributed by atoms with E-state index in [0.717, 1.165) is 43.6 Å². The van der Waals surface area contributed by atoms with E-state index in [1.807, 2.05) is 30.1 Å². The lowest BCUT2D eigenvalue weighted by atomic mass is 9.71. The fourth-order valence-electron chi connectivity index (χ4n) is 3.63. The molecule has 0 aliphatic carbocycles. The van der Waals surface area contributed by atoms with Gasteiger partial charge < -0.3 is 9.64 Å². The van der Waals surface area contributed by atoms with E-state index in [2.05, 4.69) is 28.8 Å². The molecule has 2 atom stereocenters. The maximum atomic E-state index is 5.72. The van der Waals surface area contributed by atoms with Gasteiger partial charge in [-0.1, -0.05) is 13.8 Å².